The van der Waals surface area contributed by atoms with Crippen molar-refractivity contribution in [3.8, 4) is 0 Å². The van der Waals surface area contributed by atoms with E-state index in [2.05, 4.69) is 135 Å². The van der Waals surface area contributed by atoms with Crippen LogP contribution < -0.4 is 5.73 Å². The zero-order valence-electron chi connectivity index (χ0n) is 52.0. The summed E-state index contributed by atoms with van der Waals surface area (Å²) in [4.78, 5) is 35.3. The predicted octanol–water partition coefficient (Wildman–Crippen LogP) is 21.5. The Morgan fingerprint density at radius 2 is 0.679 bits per heavy atom. The van der Waals surface area contributed by atoms with Crippen LogP contribution in [0.2, 0.25) is 0 Å². The number of phosphoric acid groups is 1. The van der Waals surface area contributed by atoms with Crippen LogP contribution in [0.15, 0.2) is 122 Å². The second-order valence-corrected chi connectivity index (χ2v) is 23.1. The molecule has 0 rings (SSSR count). The molecule has 464 valence electrons. The lowest BCUT2D eigenvalue weighted by Gasteiger charge is -2.19. The topological polar surface area (TPSA) is 134 Å². The number of allylic oxidation sites excluding steroid dienone is 20. The molecule has 0 heterocycles. The number of carbonyl (C=O) groups is 2. The molecule has 0 aliphatic rings. The third kappa shape index (κ3) is 65.4. The standard InChI is InChI=1S/C71H122NO8P/c1-3-5-7-9-11-13-15-17-19-21-23-25-27-29-30-31-32-33-34-35-36-37-38-40-42-44-46-48-50-52-54-56-58-60-62-64-71(74)80-69(68-79-81(75,76)78-66-65-72)67-77-70(73)63-61-59-57-55-53-51-49-47-45-43-41-39-28-26-24-22-20-18-16-14-12-10-8-6-4-2/h5,7,11,13,16-19,22-25,28-30,32-33,35-36,39,69H,3-4,6,8-10,12,14-15,20-21,26-27,31,34,37-38,40-68,72H2,1-2H3,(H,75,76)/b7-5-,13-11-,18-16-,19-17-,24-22-,25-23-,30-29-,33-32-,36-35-,39-28-. The van der Waals surface area contributed by atoms with Crippen molar-refractivity contribution in [3.05, 3.63) is 122 Å². The van der Waals surface area contributed by atoms with Crippen LogP contribution in [0.5, 0.6) is 0 Å². The molecule has 0 radical (unpaired) electrons. The Kier molecular flexibility index (Phi) is 62.7. The molecule has 0 bridgehead atoms. The van der Waals surface area contributed by atoms with Gasteiger partial charge in [0.1, 0.15) is 6.61 Å². The second kappa shape index (κ2) is 65.6. The summed E-state index contributed by atoms with van der Waals surface area (Å²) < 4.78 is 33.1. The van der Waals surface area contributed by atoms with Gasteiger partial charge in [0.15, 0.2) is 6.10 Å². The Bertz CT molecular complexity index is 1740. The van der Waals surface area contributed by atoms with Crippen LogP contribution in [0.25, 0.3) is 0 Å². The van der Waals surface area contributed by atoms with Crippen molar-refractivity contribution < 1.29 is 37.6 Å². The van der Waals surface area contributed by atoms with Crippen molar-refractivity contribution in [1.82, 2.24) is 0 Å². The van der Waals surface area contributed by atoms with Gasteiger partial charge in [0.2, 0.25) is 0 Å². The van der Waals surface area contributed by atoms with Gasteiger partial charge in [0.05, 0.1) is 13.2 Å². The lowest BCUT2D eigenvalue weighted by atomic mass is 10.0. The fraction of sp³-hybridized carbons (Fsp3) is 0.690. The molecule has 3 N–H and O–H groups in total. The fourth-order valence-electron chi connectivity index (χ4n) is 8.98. The number of unbranched alkanes of at least 4 members (excludes halogenated alkanes) is 28. The Morgan fingerprint density at radius 1 is 0.383 bits per heavy atom. The minimum Gasteiger partial charge on any atom is -0.462 e. The molecule has 0 saturated heterocycles. The molecule has 0 fully saturated rings. The molecule has 2 atom stereocenters. The molecule has 2 unspecified atom stereocenters. The molecular weight excluding hydrogens is 1030 g/mol. The Balaban J connectivity index is 3.95. The number of nitrogens with two attached hydrogens (primary N) is 1. The van der Waals surface area contributed by atoms with Crippen LogP contribution >= 0.6 is 7.82 Å². The van der Waals surface area contributed by atoms with E-state index in [1.54, 1.807) is 0 Å². The minimum absolute atomic E-state index is 0.0480. The monoisotopic (exact) mass is 1150 g/mol. The lowest BCUT2D eigenvalue weighted by Crippen LogP contribution is -2.29. The van der Waals surface area contributed by atoms with E-state index in [0.717, 1.165) is 103 Å². The summed E-state index contributed by atoms with van der Waals surface area (Å²) in [5, 5.41) is 0. The van der Waals surface area contributed by atoms with Crippen molar-refractivity contribution in [2.45, 2.75) is 290 Å². The molecule has 0 aliphatic carbocycles. The maximum absolute atomic E-state index is 12.8. The van der Waals surface area contributed by atoms with Crippen LogP contribution in [0.4, 0.5) is 0 Å². The predicted molar refractivity (Wildman–Crippen MR) is 348 cm³/mol. The molecule has 0 aromatic carbocycles. The molecule has 81 heavy (non-hydrogen) atoms. The number of hydrogen-bond acceptors (Lipinski definition) is 8. The first-order chi connectivity index (χ1) is 39.8. The smallest absolute Gasteiger partial charge is 0.462 e. The van der Waals surface area contributed by atoms with Gasteiger partial charge in [0.25, 0.3) is 0 Å². The zero-order valence-corrected chi connectivity index (χ0v) is 52.9. The fourth-order valence-corrected chi connectivity index (χ4v) is 9.74. The molecule has 0 saturated carbocycles. The molecule has 0 amide bonds. The highest BCUT2D eigenvalue weighted by Gasteiger charge is 2.26. The summed E-state index contributed by atoms with van der Waals surface area (Å²) >= 11 is 0. The van der Waals surface area contributed by atoms with Crippen molar-refractivity contribution >= 4 is 19.8 Å². The third-order valence-electron chi connectivity index (χ3n) is 13.8. The van der Waals surface area contributed by atoms with Gasteiger partial charge in [-0.25, -0.2) is 4.57 Å². The summed E-state index contributed by atoms with van der Waals surface area (Å²) in [6.07, 6.45) is 91.2. The number of phosphoric ester groups is 1. The van der Waals surface area contributed by atoms with Gasteiger partial charge < -0.3 is 20.1 Å². The number of carbonyl (C=O) groups excluding carboxylic acids is 2. The van der Waals surface area contributed by atoms with Crippen molar-refractivity contribution in [1.29, 1.82) is 0 Å². The first kappa shape index (κ1) is 77.4. The summed E-state index contributed by atoms with van der Waals surface area (Å²) in [6.45, 7) is 3.63. The normalized spacial score (nSPS) is 13.8. The van der Waals surface area contributed by atoms with Gasteiger partial charge in [-0.3, -0.25) is 18.6 Å². The van der Waals surface area contributed by atoms with E-state index in [0.29, 0.717) is 6.42 Å². The Labute approximate surface area is 498 Å². The highest BCUT2D eigenvalue weighted by atomic mass is 31.2. The van der Waals surface area contributed by atoms with Gasteiger partial charge >= 0.3 is 19.8 Å². The van der Waals surface area contributed by atoms with E-state index in [9.17, 15) is 19.0 Å². The maximum Gasteiger partial charge on any atom is 0.472 e. The molecule has 0 aromatic heterocycles. The average molecular weight is 1150 g/mol. The SMILES string of the molecule is CC/C=C\C/C=C\C/C=C\C/C=C\C/C=C\C/C=C\C/C=C\CCCCCCCCCCCCCCCC(=O)OC(COC(=O)CCCCCCCCCCCC/C=C\C/C=C\C/C=C\CCCCCCC)COP(=O)(O)OCCN. The molecule has 9 nitrogen and oxygen atoms in total. The van der Waals surface area contributed by atoms with E-state index >= 15 is 0 Å². The first-order valence-corrected chi connectivity index (χ1v) is 34.5. The number of ether oxygens (including phenoxy) is 2. The quantitative estimate of drug-likeness (QED) is 0.0264. The van der Waals surface area contributed by atoms with Crippen LogP contribution in [0, 0.1) is 0 Å². The van der Waals surface area contributed by atoms with Gasteiger partial charge in [0, 0.05) is 19.4 Å². The molecule has 10 heteroatoms. The van der Waals surface area contributed by atoms with Gasteiger partial charge in [-0.15, -0.1) is 0 Å². The van der Waals surface area contributed by atoms with Crippen LogP contribution in [0.1, 0.15) is 284 Å². The first-order valence-electron chi connectivity index (χ1n) is 33.0. The largest absolute Gasteiger partial charge is 0.472 e. The van der Waals surface area contributed by atoms with Crippen molar-refractivity contribution in [2.75, 3.05) is 26.4 Å². The van der Waals surface area contributed by atoms with E-state index in [1.165, 1.54) is 148 Å². The summed E-state index contributed by atoms with van der Waals surface area (Å²) in [5.74, 6) is -0.833. The number of rotatable bonds is 61. The summed E-state index contributed by atoms with van der Waals surface area (Å²) in [7, 11) is -4.40. The van der Waals surface area contributed by atoms with Crippen LogP contribution in [-0.4, -0.2) is 49.3 Å². The molecule has 0 spiro atoms. The highest BCUT2D eigenvalue weighted by molar-refractivity contribution is 7.47. The van der Waals surface area contributed by atoms with E-state index < -0.39 is 26.5 Å². The minimum atomic E-state index is -4.40. The third-order valence-corrected chi connectivity index (χ3v) is 14.8. The van der Waals surface area contributed by atoms with Crippen molar-refractivity contribution in [2.24, 2.45) is 5.73 Å². The molecule has 0 aromatic rings. The molecular formula is C71H122NO8P. The van der Waals surface area contributed by atoms with Gasteiger partial charge in [-0.1, -0.05) is 283 Å². The second-order valence-electron chi connectivity index (χ2n) is 21.6. The van der Waals surface area contributed by atoms with Crippen LogP contribution in [0.3, 0.4) is 0 Å². The number of esters is 2. The zero-order chi connectivity index (χ0) is 58.7. The maximum atomic E-state index is 12.8. The van der Waals surface area contributed by atoms with E-state index in [-0.39, 0.29) is 38.6 Å². The summed E-state index contributed by atoms with van der Waals surface area (Å²) in [6, 6.07) is 0. The molecule has 0 aliphatic heterocycles. The van der Waals surface area contributed by atoms with E-state index in [1.807, 2.05) is 0 Å². The highest BCUT2D eigenvalue weighted by Crippen LogP contribution is 2.43. The Hall–Kier alpha value is -3.59. The van der Waals surface area contributed by atoms with Gasteiger partial charge in [-0.2, -0.15) is 0 Å². The van der Waals surface area contributed by atoms with E-state index in [4.69, 9.17) is 24.3 Å². The summed E-state index contributed by atoms with van der Waals surface area (Å²) in [5.41, 5.74) is 5.40. The lowest BCUT2D eigenvalue weighted by molar-refractivity contribution is -0.161. The van der Waals surface area contributed by atoms with Crippen LogP contribution in [-0.2, 0) is 32.7 Å². The van der Waals surface area contributed by atoms with Crippen molar-refractivity contribution in [3.63, 3.8) is 0 Å². The Morgan fingerprint density at radius 3 is 1.01 bits per heavy atom. The van der Waals surface area contributed by atoms with Gasteiger partial charge in [-0.05, 0) is 109 Å². The average Bonchev–Trinajstić information content (AvgIpc) is 3.46. The number of hydrogen-bond donors (Lipinski definition) is 2.